The van der Waals surface area contributed by atoms with Gasteiger partial charge in [-0.15, -0.1) is 10.2 Å². The molecule has 0 fully saturated rings. The van der Waals surface area contributed by atoms with Crippen LogP contribution in [0.5, 0.6) is 0 Å². The van der Waals surface area contributed by atoms with Gasteiger partial charge in [-0.25, -0.2) is 0 Å². The summed E-state index contributed by atoms with van der Waals surface area (Å²) in [6, 6.07) is 27.6. The van der Waals surface area contributed by atoms with Gasteiger partial charge < -0.3 is 15.2 Å². The standard InChI is InChI=1S/C27H27N5O2S/c1-32-19-29-31-27(32)35-18-25(33)30-23-14-8-13-22(17-23)26(34)28-16-15-24(20-9-4-2-5-10-20)21-11-6-3-7-12-21/h2-14,17,19,24H,15-16,18H2,1H3,(H,28,34)(H,30,33). The second-order valence-electron chi connectivity index (χ2n) is 8.06. The van der Waals surface area contributed by atoms with E-state index in [2.05, 4.69) is 45.1 Å². The third-order valence-electron chi connectivity index (χ3n) is 5.53. The van der Waals surface area contributed by atoms with Gasteiger partial charge in [-0.1, -0.05) is 78.5 Å². The Hall–Kier alpha value is -3.91. The molecule has 2 N–H and O–H groups in total. The normalized spacial score (nSPS) is 10.8. The van der Waals surface area contributed by atoms with Gasteiger partial charge in [-0.05, 0) is 35.7 Å². The zero-order valence-electron chi connectivity index (χ0n) is 19.4. The highest BCUT2D eigenvalue weighted by atomic mass is 32.2. The maximum absolute atomic E-state index is 12.8. The van der Waals surface area contributed by atoms with Crippen LogP contribution in [-0.4, -0.2) is 38.9 Å². The summed E-state index contributed by atoms with van der Waals surface area (Å²) < 4.78 is 1.75. The molecule has 4 aromatic rings. The maximum atomic E-state index is 12.8. The first kappa shape index (κ1) is 24.2. The van der Waals surface area contributed by atoms with Gasteiger partial charge >= 0.3 is 0 Å². The number of carbonyl (C=O) groups excluding carboxylic acids is 2. The predicted octanol–water partition coefficient (Wildman–Crippen LogP) is 4.50. The van der Waals surface area contributed by atoms with Crippen molar-refractivity contribution in [3.05, 3.63) is 108 Å². The number of carbonyl (C=O) groups is 2. The summed E-state index contributed by atoms with van der Waals surface area (Å²) in [5.41, 5.74) is 3.51. The SMILES string of the molecule is Cn1cnnc1SCC(=O)Nc1cccc(C(=O)NCCC(c2ccccc2)c2ccccc2)c1. The molecule has 35 heavy (non-hydrogen) atoms. The van der Waals surface area contributed by atoms with Crippen LogP contribution >= 0.6 is 11.8 Å². The number of hydrogen-bond donors (Lipinski definition) is 2. The Morgan fingerprint density at radius 2 is 1.63 bits per heavy atom. The Kier molecular flexibility index (Phi) is 8.30. The zero-order chi connectivity index (χ0) is 24.5. The monoisotopic (exact) mass is 485 g/mol. The van der Waals surface area contributed by atoms with Crippen molar-refractivity contribution in [3.8, 4) is 0 Å². The van der Waals surface area contributed by atoms with Crippen molar-refractivity contribution in [3.63, 3.8) is 0 Å². The fraction of sp³-hybridized carbons (Fsp3) is 0.185. The molecule has 0 saturated carbocycles. The van der Waals surface area contributed by atoms with E-state index in [1.165, 1.54) is 22.9 Å². The molecule has 0 spiro atoms. The van der Waals surface area contributed by atoms with Gasteiger partial charge in [0.05, 0.1) is 5.75 Å². The highest BCUT2D eigenvalue weighted by molar-refractivity contribution is 7.99. The molecule has 1 heterocycles. The lowest BCUT2D eigenvalue weighted by molar-refractivity contribution is -0.113. The lowest BCUT2D eigenvalue weighted by Crippen LogP contribution is -2.26. The number of hydrogen-bond acceptors (Lipinski definition) is 5. The third kappa shape index (κ3) is 6.80. The summed E-state index contributed by atoms with van der Waals surface area (Å²) in [5, 5.41) is 14.3. The first-order valence-corrected chi connectivity index (χ1v) is 12.3. The molecule has 0 unspecified atom stereocenters. The van der Waals surface area contributed by atoms with Crippen molar-refractivity contribution in [2.24, 2.45) is 7.05 Å². The molecule has 178 valence electrons. The van der Waals surface area contributed by atoms with Crippen LogP contribution in [0.2, 0.25) is 0 Å². The molecule has 0 aliphatic rings. The molecule has 1 aromatic heterocycles. The summed E-state index contributed by atoms with van der Waals surface area (Å²) in [7, 11) is 1.82. The topological polar surface area (TPSA) is 88.9 Å². The highest BCUT2D eigenvalue weighted by Gasteiger charge is 2.15. The molecule has 0 aliphatic heterocycles. The van der Waals surface area contributed by atoms with Crippen LogP contribution in [0.4, 0.5) is 5.69 Å². The second kappa shape index (κ2) is 12.0. The van der Waals surface area contributed by atoms with Gasteiger partial charge in [0.1, 0.15) is 6.33 Å². The summed E-state index contributed by atoms with van der Waals surface area (Å²) in [5.74, 6) is 0.0387. The quantitative estimate of drug-likeness (QED) is 0.323. The third-order valence-corrected chi connectivity index (χ3v) is 6.57. The number of amides is 2. The second-order valence-corrected chi connectivity index (χ2v) is 9.00. The number of aryl methyl sites for hydroxylation is 1. The van der Waals surface area contributed by atoms with Crippen molar-refractivity contribution < 1.29 is 9.59 Å². The van der Waals surface area contributed by atoms with E-state index in [1.807, 2.05) is 43.4 Å². The lowest BCUT2D eigenvalue weighted by Gasteiger charge is -2.18. The molecule has 0 radical (unpaired) electrons. The molecule has 4 rings (SSSR count). The summed E-state index contributed by atoms with van der Waals surface area (Å²) in [6.45, 7) is 0.526. The zero-order valence-corrected chi connectivity index (χ0v) is 20.2. The van der Waals surface area contributed by atoms with Crippen molar-refractivity contribution in [2.45, 2.75) is 17.5 Å². The Morgan fingerprint density at radius 3 is 2.26 bits per heavy atom. The van der Waals surface area contributed by atoms with Gasteiger partial charge in [-0.3, -0.25) is 9.59 Å². The van der Waals surface area contributed by atoms with E-state index < -0.39 is 0 Å². The van der Waals surface area contributed by atoms with Gasteiger partial charge in [0.15, 0.2) is 5.16 Å². The molecule has 0 atom stereocenters. The van der Waals surface area contributed by atoms with E-state index in [9.17, 15) is 9.59 Å². The number of benzene rings is 3. The summed E-state index contributed by atoms with van der Waals surface area (Å²) >= 11 is 1.30. The van der Waals surface area contributed by atoms with E-state index in [1.54, 1.807) is 35.2 Å². The molecule has 0 saturated heterocycles. The van der Waals surface area contributed by atoms with E-state index in [0.717, 1.165) is 6.42 Å². The van der Waals surface area contributed by atoms with Gasteiger partial charge in [0, 0.05) is 30.8 Å². The van der Waals surface area contributed by atoms with Gasteiger partial charge in [0.2, 0.25) is 5.91 Å². The van der Waals surface area contributed by atoms with Gasteiger partial charge in [0.25, 0.3) is 5.91 Å². The largest absolute Gasteiger partial charge is 0.352 e. The number of rotatable bonds is 10. The van der Waals surface area contributed by atoms with E-state index >= 15 is 0 Å². The molecule has 3 aromatic carbocycles. The number of thioether (sulfide) groups is 1. The molecule has 8 heteroatoms. The summed E-state index contributed by atoms with van der Waals surface area (Å²) in [4.78, 5) is 25.1. The van der Waals surface area contributed by atoms with Crippen molar-refractivity contribution >= 4 is 29.3 Å². The first-order chi connectivity index (χ1) is 17.1. The average molecular weight is 486 g/mol. The van der Waals surface area contributed by atoms with Gasteiger partial charge in [-0.2, -0.15) is 0 Å². The number of aromatic nitrogens is 3. The van der Waals surface area contributed by atoms with E-state index in [-0.39, 0.29) is 23.5 Å². The minimum absolute atomic E-state index is 0.172. The number of anilines is 1. The van der Waals surface area contributed by atoms with Crippen molar-refractivity contribution in [1.29, 1.82) is 0 Å². The van der Waals surface area contributed by atoms with Crippen LogP contribution in [0.25, 0.3) is 0 Å². The fourth-order valence-corrected chi connectivity index (χ4v) is 4.49. The maximum Gasteiger partial charge on any atom is 0.251 e. The van der Waals surface area contributed by atoms with Crippen LogP contribution in [0.1, 0.15) is 33.8 Å². The molecule has 0 bridgehead atoms. The van der Waals surface area contributed by atoms with Crippen molar-refractivity contribution in [1.82, 2.24) is 20.1 Å². The van der Waals surface area contributed by atoms with E-state index in [0.29, 0.717) is 23.0 Å². The summed E-state index contributed by atoms with van der Waals surface area (Å²) in [6.07, 6.45) is 2.36. The Balaban J connectivity index is 1.32. The van der Waals surface area contributed by atoms with Crippen molar-refractivity contribution in [2.75, 3.05) is 17.6 Å². The fourth-order valence-electron chi connectivity index (χ4n) is 3.80. The number of nitrogens with zero attached hydrogens (tertiary/aromatic N) is 3. The molecular formula is C27H27N5O2S. The molecular weight excluding hydrogens is 458 g/mol. The Bertz CT molecular complexity index is 1220. The molecule has 2 amide bonds. The van der Waals surface area contributed by atoms with E-state index in [4.69, 9.17) is 0 Å². The average Bonchev–Trinajstić information content (AvgIpc) is 3.31. The number of nitrogens with one attached hydrogen (secondary N) is 2. The molecule has 0 aliphatic carbocycles. The highest BCUT2D eigenvalue weighted by Crippen LogP contribution is 2.27. The minimum Gasteiger partial charge on any atom is -0.352 e. The predicted molar refractivity (Wildman–Crippen MR) is 138 cm³/mol. The Morgan fingerprint density at radius 1 is 0.943 bits per heavy atom. The smallest absolute Gasteiger partial charge is 0.251 e. The van der Waals surface area contributed by atoms with Crippen LogP contribution in [0.3, 0.4) is 0 Å². The first-order valence-electron chi connectivity index (χ1n) is 11.3. The minimum atomic E-state index is -0.177. The lowest BCUT2D eigenvalue weighted by atomic mass is 9.88. The van der Waals surface area contributed by atoms with Crippen LogP contribution in [0.15, 0.2) is 96.4 Å². The van der Waals surface area contributed by atoms with Crippen LogP contribution < -0.4 is 10.6 Å². The van der Waals surface area contributed by atoms with Crippen LogP contribution in [-0.2, 0) is 11.8 Å². The molecule has 7 nitrogen and oxygen atoms in total. The van der Waals surface area contributed by atoms with Crippen LogP contribution in [0, 0.1) is 0 Å². The Labute approximate surface area is 209 Å².